The van der Waals surface area contributed by atoms with Gasteiger partial charge in [0.2, 0.25) is 0 Å². The van der Waals surface area contributed by atoms with Crippen molar-refractivity contribution in [3.8, 4) is 0 Å². The first-order chi connectivity index (χ1) is 8.28. The monoisotopic (exact) mass is 256 g/mol. The van der Waals surface area contributed by atoms with E-state index in [0.29, 0.717) is 5.41 Å². The minimum Gasteiger partial charge on any atom is -0.481 e. The van der Waals surface area contributed by atoms with Crippen LogP contribution in [-0.2, 0) is 4.79 Å². The van der Waals surface area contributed by atoms with Gasteiger partial charge < -0.3 is 15.7 Å². The number of nitrogens with one attached hydrogen (secondary N) is 2. The number of urea groups is 1. The lowest BCUT2D eigenvalue weighted by atomic mass is 9.76. The van der Waals surface area contributed by atoms with Crippen molar-refractivity contribution in [1.29, 1.82) is 0 Å². The molecule has 1 fully saturated rings. The molecule has 0 aromatic carbocycles. The Balaban J connectivity index is 2.27. The third-order valence-corrected chi connectivity index (χ3v) is 3.53. The van der Waals surface area contributed by atoms with Crippen molar-refractivity contribution in [2.75, 3.05) is 0 Å². The normalized spacial score (nSPS) is 21.1. The fourth-order valence-electron chi connectivity index (χ4n) is 2.31. The van der Waals surface area contributed by atoms with Crippen LogP contribution in [0.15, 0.2) is 0 Å². The van der Waals surface area contributed by atoms with Crippen molar-refractivity contribution in [3.63, 3.8) is 0 Å². The van der Waals surface area contributed by atoms with Gasteiger partial charge in [-0.25, -0.2) is 4.79 Å². The first kappa shape index (κ1) is 14.8. The molecule has 3 N–H and O–H groups in total. The van der Waals surface area contributed by atoms with Crippen LogP contribution in [-0.4, -0.2) is 29.2 Å². The third-order valence-electron chi connectivity index (χ3n) is 3.53. The molecule has 1 atom stereocenters. The third kappa shape index (κ3) is 5.38. The summed E-state index contributed by atoms with van der Waals surface area (Å²) in [6.07, 6.45) is 4.16. The summed E-state index contributed by atoms with van der Waals surface area (Å²) >= 11 is 0. The molecule has 1 aliphatic rings. The molecule has 0 radical (unpaired) electrons. The standard InChI is InChI=1S/C13H24N2O3/c1-9(8-11(16)17)14-12(18)15-10-4-6-13(2,3)7-5-10/h9-10H,4-8H2,1-3H3,(H,16,17)(H2,14,15,18). The number of carboxylic acid groups (broad SMARTS) is 1. The summed E-state index contributed by atoms with van der Waals surface area (Å²) in [5.41, 5.74) is 0.380. The van der Waals surface area contributed by atoms with Gasteiger partial charge in [-0.05, 0) is 38.0 Å². The molecule has 2 amide bonds. The van der Waals surface area contributed by atoms with Crippen LogP contribution >= 0.6 is 0 Å². The van der Waals surface area contributed by atoms with E-state index in [1.807, 2.05) is 0 Å². The Bertz CT molecular complexity index is 305. The summed E-state index contributed by atoms with van der Waals surface area (Å²) in [6, 6.07) is -0.383. The molecule has 1 unspecified atom stereocenters. The number of rotatable bonds is 4. The van der Waals surface area contributed by atoms with E-state index >= 15 is 0 Å². The van der Waals surface area contributed by atoms with Crippen molar-refractivity contribution in [2.45, 2.75) is 65.0 Å². The Morgan fingerprint density at radius 3 is 2.39 bits per heavy atom. The summed E-state index contributed by atoms with van der Waals surface area (Å²) in [4.78, 5) is 22.1. The molecule has 5 heteroatoms. The van der Waals surface area contributed by atoms with Crippen molar-refractivity contribution < 1.29 is 14.7 Å². The summed E-state index contributed by atoms with van der Waals surface area (Å²) in [5, 5.41) is 14.2. The van der Waals surface area contributed by atoms with Gasteiger partial charge in [-0.1, -0.05) is 13.8 Å². The second kappa shape index (κ2) is 6.07. The van der Waals surface area contributed by atoms with E-state index in [-0.39, 0.29) is 24.5 Å². The van der Waals surface area contributed by atoms with E-state index in [4.69, 9.17) is 5.11 Å². The predicted molar refractivity (Wildman–Crippen MR) is 69.4 cm³/mol. The Morgan fingerprint density at radius 2 is 1.89 bits per heavy atom. The van der Waals surface area contributed by atoms with Crippen LogP contribution in [0, 0.1) is 5.41 Å². The highest BCUT2D eigenvalue weighted by atomic mass is 16.4. The Morgan fingerprint density at radius 1 is 1.33 bits per heavy atom. The molecule has 5 nitrogen and oxygen atoms in total. The zero-order valence-corrected chi connectivity index (χ0v) is 11.5. The van der Waals surface area contributed by atoms with E-state index < -0.39 is 5.97 Å². The van der Waals surface area contributed by atoms with Gasteiger partial charge in [0.25, 0.3) is 0 Å². The molecule has 0 spiro atoms. The van der Waals surface area contributed by atoms with Gasteiger partial charge >= 0.3 is 12.0 Å². The van der Waals surface area contributed by atoms with Crippen molar-refractivity contribution in [1.82, 2.24) is 10.6 Å². The van der Waals surface area contributed by atoms with Crippen LogP contribution in [0.25, 0.3) is 0 Å². The maximum absolute atomic E-state index is 11.6. The fourth-order valence-corrected chi connectivity index (χ4v) is 2.31. The fraction of sp³-hybridized carbons (Fsp3) is 0.846. The minimum atomic E-state index is -0.901. The maximum Gasteiger partial charge on any atom is 0.315 e. The number of carbonyl (C=O) groups is 2. The molecule has 0 heterocycles. The highest BCUT2D eigenvalue weighted by Gasteiger charge is 2.27. The predicted octanol–water partition coefficient (Wildman–Crippen LogP) is 2.12. The number of hydrogen-bond donors (Lipinski definition) is 3. The quantitative estimate of drug-likeness (QED) is 0.721. The number of carboxylic acids is 1. The zero-order chi connectivity index (χ0) is 13.8. The lowest BCUT2D eigenvalue weighted by Gasteiger charge is -2.34. The molecule has 1 rings (SSSR count). The molecular weight excluding hydrogens is 232 g/mol. The smallest absolute Gasteiger partial charge is 0.315 e. The lowest BCUT2D eigenvalue weighted by molar-refractivity contribution is -0.137. The maximum atomic E-state index is 11.6. The average Bonchev–Trinajstić information content (AvgIpc) is 2.19. The number of hydrogen-bond acceptors (Lipinski definition) is 2. The van der Waals surface area contributed by atoms with Gasteiger partial charge in [-0.15, -0.1) is 0 Å². The van der Waals surface area contributed by atoms with Gasteiger partial charge in [0, 0.05) is 12.1 Å². The summed E-state index contributed by atoms with van der Waals surface area (Å²) < 4.78 is 0. The van der Waals surface area contributed by atoms with Crippen LogP contribution < -0.4 is 10.6 Å². The molecule has 1 saturated carbocycles. The molecule has 0 aromatic heterocycles. The van der Waals surface area contributed by atoms with Gasteiger partial charge in [0.15, 0.2) is 0 Å². The molecule has 18 heavy (non-hydrogen) atoms. The first-order valence-corrected chi connectivity index (χ1v) is 6.57. The summed E-state index contributed by atoms with van der Waals surface area (Å²) in [7, 11) is 0. The summed E-state index contributed by atoms with van der Waals surface area (Å²) in [6.45, 7) is 6.19. The van der Waals surface area contributed by atoms with Crippen LogP contribution in [0.5, 0.6) is 0 Å². The van der Waals surface area contributed by atoms with E-state index in [9.17, 15) is 9.59 Å². The number of aliphatic carboxylic acids is 1. The zero-order valence-electron chi connectivity index (χ0n) is 11.5. The molecule has 0 aromatic rings. The largest absolute Gasteiger partial charge is 0.481 e. The topological polar surface area (TPSA) is 78.4 Å². The molecular formula is C13H24N2O3. The van der Waals surface area contributed by atoms with E-state index in [1.165, 1.54) is 0 Å². The number of carbonyl (C=O) groups excluding carboxylic acids is 1. The second-order valence-corrected chi connectivity index (χ2v) is 6.06. The summed E-state index contributed by atoms with van der Waals surface area (Å²) in [5.74, 6) is -0.901. The van der Waals surface area contributed by atoms with E-state index in [1.54, 1.807) is 6.92 Å². The van der Waals surface area contributed by atoms with Gasteiger partial charge in [0.05, 0.1) is 6.42 Å². The molecule has 0 aliphatic heterocycles. The molecule has 1 aliphatic carbocycles. The van der Waals surface area contributed by atoms with E-state index in [0.717, 1.165) is 25.7 Å². The lowest BCUT2D eigenvalue weighted by Crippen LogP contribution is -2.47. The second-order valence-electron chi connectivity index (χ2n) is 6.06. The first-order valence-electron chi connectivity index (χ1n) is 6.57. The Hall–Kier alpha value is -1.26. The van der Waals surface area contributed by atoms with Crippen LogP contribution in [0.1, 0.15) is 52.9 Å². The highest BCUT2D eigenvalue weighted by molar-refractivity contribution is 5.75. The minimum absolute atomic E-state index is 0.0505. The van der Waals surface area contributed by atoms with Crippen LogP contribution in [0.4, 0.5) is 4.79 Å². The van der Waals surface area contributed by atoms with E-state index in [2.05, 4.69) is 24.5 Å². The molecule has 0 bridgehead atoms. The van der Waals surface area contributed by atoms with Gasteiger partial charge in [-0.3, -0.25) is 4.79 Å². The Labute approximate surface area is 108 Å². The highest BCUT2D eigenvalue weighted by Crippen LogP contribution is 2.34. The van der Waals surface area contributed by atoms with Crippen molar-refractivity contribution in [3.05, 3.63) is 0 Å². The van der Waals surface area contributed by atoms with Crippen molar-refractivity contribution >= 4 is 12.0 Å². The van der Waals surface area contributed by atoms with Crippen LogP contribution in [0.3, 0.4) is 0 Å². The van der Waals surface area contributed by atoms with Gasteiger partial charge in [0.1, 0.15) is 0 Å². The molecule has 0 saturated heterocycles. The average molecular weight is 256 g/mol. The van der Waals surface area contributed by atoms with Gasteiger partial charge in [-0.2, -0.15) is 0 Å². The molecule has 104 valence electrons. The number of amides is 2. The SMILES string of the molecule is CC(CC(=O)O)NC(=O)NC1CCC(C)(C)CC1. The van der Waals surface area contributed by atoms with Crippen LogP contribution in [0.2, 0.25) is 0 Å². The van der Waals surface area contributed by atoms with Crippen molar-refractivity contribution in [2.24, 2.45) is 5.41 Å². The Kier molecular flexibility index (Phi) is 4.99.